The second kappa shape index (κ2) is 7.58. The highest BCUT2D eigenvalue weighted by atomic mass is 35.5. The van der Waals surface area contributed by atoms with Crippen molar-refractivity contribution in [3.05, 3.63) is 63.9 Å². The van der Waals surface area contributed by atoms with Gasteiger partial charge in [0.05, 0.1) is 6.04 Å². The quantitative estimate of drug-likeness (QED) is 0.675. The van der Waals surface area contributed by atoms with E-state index in [0.29, 0.717) is 33.9 Å². The molecule has 0 radical (unpaired) electrons. The van der Waals surface area contributed by atoms with Crippen LogP contribution in [0.4, 0.5) is 14.9 Å². The first-order valence-electron chi connectivity index (χ1n) is 10.1. The molecule has 4 rings (SSSR count). The first-order valence-corrected chi connectivity index (χ1v) is 10.5. The molecule has 0 bridgehead atoms. The van der Waals surface area contributed by atoms with Crippen molar-refractivity contribution in [2.75, 3.05) is 11.9 Å². The summed E-state index contributed by atoms with van der Waals surface area (Å²) in [5.74, 6) is -0.719. The molecular formula is C23H25ClFN3O2. The third-order valence-corrected chi connectivity index (χ3v) is 6.28. The summed E-state index contributed by atoms with van der Waals surface area (Å²) in [5, 5.41) is 6.21. The zero-order valence-electron chi connectivity index (χ0n) is 17.3. The Morgan fingerprint density at radius 3 is 2.77 bits per heavy atom. The average Bonchev–Trinajstić information content (AvgIpc) is 3.30. The van der Waals surface area contributed by atoms with E-state index in [1.54, 1.807) is 18.2 Å². The van der Waals surface area contributed by atoms with Crippen LogP contribution < -0.4 is 10.6 Å². The summed E-state index contributed by atoms with van der Waals surface area (Å²) in [6, 6.07) is 8.57. The molecule has 0 aromatic heterocycles. The van der Waals surface area contributed by atoms with Crippen molar-refractivity contribution in [1.82, 2.24) is 10.2 Å². The molecule has 1 saturated heterocycles. The van der Waals surface area contributed by atoms with E-state index in [0.717, 1.165) is 12.8 Å². The maximum absolute atomic E-state index is 13.9. The van der Waals surface area contributed by atoms with Gasteiger partial charge in [0.1, 0.15) is 5.82 Å². The maximum Gasteiger partial charge on any atom is 0.322 e. The van der Waals surface area contributed by atoms with Gasteiger partial charge in [-0.05, 0) is 48.6 Å². The molecule has 1 fully saturated rings. The Morgan fingerprint density at radius 1 is 1.27 bits per heavy atom. The summed E-state index contributed by atoms with van der Waals surface area (Å²) in [7, 11) is 0. The van der Waals surface area contributed by atoms with Gasteiger partial charge in [-0.3, -0.25) is 4.79 Å². The fourth-order valence-electron chi connectivity index (χ4n) is 4.53. The first kappa shape index (κ1) is 20.7. The topological polar surface area (TPSA) is 61.4 Å². The molecule has 0 aliphatic carbocycles. The van der Waals surface area contributed by atoms with Crippen LogP contribution in [0.25, 0.3) is 0 Å². The summed E-state index contributed by atoms with van der Waals surface area (Å²) in [6.45, 7) is 7.09. The first-order chi connectivity index (χ1) is 14.2. The van der Waals surface area contributed by atoms with Gasteiger partial charge in [0.15, 0.2) is 0 Å². The highest BCUT2D eigenvalue weighted by Crippen LogP contribution is 2.40. The number of halogens is 2. The van der Waals surface area contributed by atoms with E-state index in [9.17, 15) is 14.0 Å². The van der Waals surface area contributed by atoms with Crippen molar-refractivity contribution in [3.8, 4) is 0 Å². The second-order valence-corrected chi connectivity index (χ2v) is 9.39. The number of rotatable bonds is 2. The molecule has 2 aromatic carbocycles. The highest BCUT2D eigenvalue weighted by Gasteiger charge is 2.38. The molecule has 2 aliphatic rings. The van der Waals surface area contributed by atoms with Crippen LogP contribution in [0.2, 0.25) is 5.02 Å². The molecular weight excluding hydrogens is 405 g/mol. The van der Waals surface area contributed by atoms with Crippen LogP contribution in [-0.4, -0.2) is 29.4 Å². The monoisotopic (exact) mass is 429 g/mol. The molecule has 3 amide bonds. The number of urea groups is 1. The number of likely N-dealkylation sites (tertiary alicyclic amines) is 1. The Morgan fingerprint density at radius 2 is 2.03 bits per heavy atom. The molecule has 7 heteroatoms. The van der Waals surface area contributed by atoms with Crippen LogP contribution in [0.15, 0.2) is 36.4 Å². The Kier molecular flexibility index (Phi) is 5.22. The molecule has 2 aromatic rings. The predicted molar refractivity (Wildman–Crippen MR) is 115 cm³/mol. The number of carbonyl (C=O) groups excluding carboxylic acids is 2. The minimum absolute atomic E-state index is 0.0262. The van der Waals surface area contributed by atoms with E-state index in [4.69, 9.17) is 11.6 Å². The van der Waals surface area contributed by atoms with E-state index in [2.05, 4.69) is 31.4 Å². The zero-order valence-corrected chi connectivity index (χ0v) is 18.0. The number of nitrogens with zero attached hydrogens (tertiary/aromatic N) is 1. The number of hydrogen-bond donors (Lipinski definition) is 2. The second-order valence-electron chi connectivity index (χ2n) is 8.99. The van der Waals surface area contributed by atoms with Crippen LogP contribution in [-0.2, 0) is 0 Å². The molecule has 5 nitrogen and oxygen atoms in total. The fraction of sp³-hybridized carbons (Fsp3) is 0.391. The van der Waals surface area contributed by atoms with Crippen molar-refractivity contribution >= 4 is 29.2 Å². The molecule has 2 aliphatic heterocycles. The van der Waals surface area contributed by atoms with Crippen LogP contribution in [0.1, 0.15) is 61.1 Å². The van der Waals surface area contributed by atoms with Gasteiger partial charge < -0.3 is 15.5 Å². The number of fused-ring (bicyclic) bond motifs is 1. The predicted octanol–water partition coefficient (Wildman–Crippen LogP) is 5.35. The molecule has 2 atom stereocenters. The van der Waals surface area contributed by atoms with Gasteiger partial charge in [0.25, 0.3) is 5.91 Å². The molecule has 2 heterocycles. The number of hydrogen-bond acceptors (Lipinski definition) is 2. The number of carbonyl (C=O) groups is 2. The van der Waals surface area contributed by atoms with Crippen LogP contribution >= 0.6 is 11.6 Å². The van der Waals surface area contributed by atoms with Crippen LogP contribution in [0.3, 0.4) is 0 Å². The number of benzene rings is 2. The molecule has 0 spiro atoms. The van der Waals surface area contributed by atoms with Crippen molar-refractivity contribution in [1.29, 1.82) is 0 Å². The lowest BCUT2D eigenvalue weighted by atomic mass is 9.85. The lowest BCUT2D eigenvalue weighted by molar-refractivity contribution is 0.0960. The normalized spacial score (nSPS) is 20.8. The molecule has 0 unspecified atom stereocenters. The maximum atomic E-state index is 13.9. The number of amides is 3. The zero-order chi connectivity index (χ0) is 21.6. The summed E-state index contributed by atoms with van der Waals surface area (Å²) in [4.78, 5) is 27.6. The standard InChI is InChI=1S/C23H25ClFN3O2/c1-23(2,3)18-8-5-11-28(18)22(30)26-17-7-4-6-14-19(17)20(27-21(14)29)15-12-13(25)9-10-16(15)24/h4,6-7,9-10,12,18,20H,5,8,11H2,1-3H3,(H,26,30)(H,27,29)/t18-,20-/m0/s1. The Hall–Kier alpha value is -2.60. The lowest BCUT2D eigenvalue weighted by Crippen LogP contribution is -2.45. The van der Waals surface area contributed by atoms with E-state index in [-0.39, 0.29) is 23.4 Å². The smallest absolute Gasteiger partial charge is 0.322 e. The number of nitrogens with one attached hydrogen (secondary N) is 2. The van der Waals surface area contributed by atoms with Crippen molar-refractivity contribution in [3.63, 3.8) is 0 Å². The third kappa shape index (κ3) is 3.65. The Labute approximate surface area is 180 Å². The van der Waals surface area contributed by atoms with Gasteiger partial charge in [-0.15, -0.1) is 0 Å². The molecule has 158 valence electrons. The summed E-state index contributed by atoms with van der Waals surface area (Å²) in [6.07, 6.45) is 1.93. The van der Waals surface area contributed by atoms with Gasteiger partial charge >= 0.3 is 6.03 Å². The van der Waals surface area contributed by atoms with Crippen molar-refractivity contribution in [2.45, 2.75) is 45.7 Å². The van der Waals surface area contributed by atoms with Gasteiger partial charge in [-0.1, -0.05) is 38.4 Å². The lowest BCUT2D eigenvalue weighted by Gasteiger charge is -2.35. The Bertz CT molecular complexity index is 1020. The summed E-state index contributed by atoms with van der Waals surface area (Å²) >= 11 is 6.31. The third-order valence-electron chi connectivity index (χ3n) is 5.94. The minimum Gasteiger partial charge on any atom is -0.341 e. The fourth-order valence-corrected chi connectivity index (χ4v) is 4.76. The van der Waals surface area contributed by atoms with E-state index in [1.807, 2.05) is 4.90 Å². The van der Waals surface area contributed by atoms with Crippen LogP contribution in [0.5, 0.6) is 0 Å². The minimum atomic E-state index is -0.635. The van der Waals surface area contributed by atoms with E-state index >= 15 is 0 Å². The van der Waals surface area contributed by atoms with Crippen molar-refractivity contribution < 1.29 is 14.0 Å². The van der Waals surface area contributed by atoms with Gasteiger partial charge in [0.2, 0.25) is 0 Å². The van der Waals surface area contributed by atoms with Gasteiger partial charge in [-0.2, -0.15) is 0 Å². The SMILES string of the molecule is CC(C)(C)[C@@H]1CCCN1C(=O)Nc1cccc2c1[C@H](c1cc(F)ccc1Cl)NC2=O. The van der Waals surface area contributed by atoms with Gasteiger partial charge in [0, 0.05) is 40.0 Å². The molecule has 0 saturated carbocycles. The largest absolute Gasteiger partial charge is 0.341 e. The summed E-state index contributed by atoms with van der Waals surface area (Å²) < 4.78 is 13.9. The highest BCUT2D eigenvalue weighted by molar-refractivity contribution is 6.31. The van der Waals surface area contributed by atoms with Gasteiger partial charge in [-0.25, -0.2) is 9.18 Å². The molecule has 2 N–H and O–H groups in total. The van der Waals surface area contributed by atoms with E-state index < -0.39 is 11.9 Å². The average molecular weight is 430 g/mol. The number of anilines is 1. The van der Waals surface area contributed by atoms with Crippen LogP contribution in [0, 0.1) is 11.2 Å². The Balaban J connectivity index is 1.69. The summed E-state index contributed by atoms with van der Waals surface area (Å²) in [5.41, 5.74) is 2.02. The van der Waals surface area contributed by atoms with E-state index in [1.165, 1.54) is 18.2 Å². The molecule has 30 heavy (non-hydrogen) atoms. The van der Waals surface area contributed by atoms with Crippen molar-refractivity contribution in [2.24, 2.45) is 5.41 Å².